The minimum atomic E-state index is -1.24. The zero-order valence-electron chi connectivity index (χ0n) is 22.1. The smallest absolute Gasteiger partial charge is 0.309 e. The summed E-state index contributed by atoms with van der Waals surface area (Å²) in [5.41, 5.74) is 4.88. The Bertz CT molecular complexity index is 946. The SMILES string of the molecule is CC[C@H]1C(=O)C(C)(C)[C@@H](O)CC(=O)O[C@H](C=Cc2csc(CN)n2)C[C@@H]2OC2(C)CCCC(C)C1O. The van der Waals surface area contributed by atoms with Crippen molar-refractivity contribution in [2.24, 2.45) is 23.0 Å². The van der Waals surface area contributed by atoms with Crippen molar-refractivity contribution >= 4 is 29.2 Å². The molecular weight excluding hydrogens is 480 g/mol. The van der Waals surface area contributed by atoms with Crippen LogP contribution in [-0.2, 0) is 25.6 Å². The van der Waals surface area contributed by atoms with Gasteiger partial charge >= 0.3 is 5.97 Å². The van der Waals surface area contributed by atoms with Crippen molar-refractivity contribution in [2.45, 2.75) is 110 Å². The molecule has 9 heteroatoms. The van der Waals surface area contributed by atoms with Gasteiger partial charge in [0.1, 0.15) is 16.9 Å². The van der Waals surface area contributed by atoms with Crippen LogP contribution in [0.3, 0.4) is 0 Å². The number of ketones is 1. The predicted octanol–water partition coefficient (Wildman–Crippen LogP) is 3.63. The van der Waals surface area contributed by atoms with Gasteiger partial charge in [0, 0.05) is 24.3 Å². The lowest BCUT2D eigenvalue weighted by Gasteiger charge is -2.35. The highest BCUT2D eigenvalue weighted by Crippen LogP contribution is 2.44. The molecule has 0 spiro atoms. The molecule has 0 aliphatic carbocycles. The van der Waals surface area contributed by atoms with E-state index in [4.69, 9.17) is 15.2 Å². The molecule has 0 radical (unpaired) electrons. The number of hydrogen-bond donors (Lipinski definition) is 3. The normalized spacial score (nSPS) is 36.4. The summed E-state index contributed by atoms with van der Waals surface area (Å²) in [5, 5.41) is 24.6. The van der Waals surface area contributed by atoms with Crippen LogP contribution in [-0.4, -0.2) is 57.0 Å². The number of ether oxygens (including phenoxy) is 2. The first-order valence-corrected chi connectivity index (χ1v) is 13.9. The lowest BCUT2D eigenvalue weighted by Crippen LogP contribution is -2.46. The van der Waals surface area contributed by atoms with Gasteiger partial charge in [0.15, 0.2) is 0 Å². The fourth-order valence-corrected chi connectivity index (χ4v) is 5.73. The van der Waals surface area contributed by atoms with Crippen molar-refractivity contribution in [3.63, 3.8) is 0 Å². The van der Waals surface area contributed by atoms with Gasteiger partial charge in [0.05, 0.1) is 41.4 Å². The number of hydrogen-bond acceptors (Lipinski definition) is 9. The van der Waals surface area contributed by atoms with Crippen molar-refractivity contribution < 1.29 is 29.3 Å². The van der Waals surface area contributed by atoms with E-state index < -0.39 is 35.6 Å². The molecule has 1 aromatic heterocycles. The third-order valence-corrected chi connectivity index (χ3v) is 8.81. The molecule has 0 amide bonds. The molecule has 2 fully saturated rings. The number of Topliss-reactive ketones (excluding diaryl/α,β-unsaturated/α-hetero) is 1. The van der Waals surface area contributed by atoms with Crippen LogP contribution in [0, 0.1) is 17.3 Å². The molecule has 1 aromatic rings. The van der Waals surface area contributed by atoms with Gasteiger partial charge in [0.2, 0.25) is 0 Å². The third-order valence-electron chi connectivity index (χ3n) is 7.92. The van der Waals surface area contributed by atoms with Crippen molar-refractivity contribution in [3.05, 3.63) is 22.2 Å². The number of fused-ring (bicyclic) bond motifs is 1. The van der Waals surface area contributed by atoms with E-state index in [0.29, 0.717) is 19.4 Å². The largest absolute Gasteiger partial charge is 0.458 e. The number of esters is 1. The molecule has 3 rings (SSSR count). The van der Waals surface area contributed by atoms with Gasteiger partial charge in [-0.2, -0.15) is 0 Å². The van der Waals surface area contributed by atoms with Crippen LogP contribution in [0.5, 0.6) is 0 Å². The zero-order chi connectivity index (χ0) is 26.7. The second-order valence-corrected chi connectivity index (χ2v) is 12.0. The fraction of sp³-hybridized carbons (Fsp3) is 0.741. The average molecular weight is 523 g/mol. The Morgan fingerprint density at radius 3 is 2.64 bits per heavy atom. The van der Waals surface area contributed by atoms with Gasteiger partial charge in [-0.3, -0.25) is 9.59 Å². The highest BCUT2D eigenvalue weighted by molar-refractivity contribution is 7.09. The quantitative estimate of drug-likeness (QED) is 0.403. The Hall–Kier alpha value is -1.65. The van der Waals surface area contributed by atoms with Crippen LogP contribution >= 0.6 is 11.3 Å². The monoisotopic (exact) mass is 522 g/mol. The van der Waals surface area contributed by atoms with Crippen molar-refractivity contribution in [2.75, 3.05) is 0 Å². The second-order valence-electron chi connectivity index (χ2n) is 11.1. The molecular formula is C27H42N2O6S. The first kappa shape index (κ1) is 28.9. The first-order chi connectivity index (χ1) is 16.9. The van der Waals surface area contributed by atoms with E-state index in [1.54, 1.807) is 19.9 Å². The number of aliphatic hydroxyl groups excluding tert-OH is 2. The van der Waals surface area contributed by atoms with E-state index in [2.05, 4.69) is 11.9 Å². The minimum absolute atomic E-state index is 0.0607. The van der Waals surface area contributed by atoms with Crippen LogP contribution < -0.4 is 5.73 Å². The standard InChI is InChI=1S/C27H42N2O6S/c1-6-19-24(32)16(2)8-7-11-27(5)21(35-27)12-18(10-9-17-15-36-22(14-28)29-17)34-23(31)13-20(30)26(3,4)25(19)33/h9-10,15-16,18-21,24,30,32H,6-8,11-14,28H2,1-5H3/t16?,18-,19-,20+,21+,24?,27?/m1/s1. The molecule has 202 valence electrons. The van der Waals surface area contributed by atoms with Crippen molar-refractivity contribution in [1.82, 2.24) is 4.98 Å². The van der Waals surface area contributed by atoms with Crippen LogP contribution in [0.2, 0.25) is 0 Å². The Morgan fingerprint density at radius 1 is 1.28 bits per heavy atom. The number of cyclic esters (lactones) is 1. The molecule has 3 unspecified atom stereocenters. The highest BCUT2D eigenvalue weighted by atomic mass is 32.1. The predicted molar refractivity (Wildman–Crippen MR) is 139 cm³/mol. The third kappa shape index (κ3) is 6.81. The Balaban J connectivity index is 1.82. The summed E-state index contributed by atoms with van der Waals surface area (Å²) in [7, 11) is 0. The molecule has 0 bridgehead atoms. The molecule has 2 aliphatic rings. The molecule has 0 saturated carbocycles. The van der Waals surface area contributed by atoms with E-state index in [0.717, 1.165) is 30.0 Å². The van der Waals surface area contributed by atoms with Gasteiger partial charge < -0.3 is 25.4 Å². The molecule has 0 aromatic carbocycles. The summed E-state index contributed by atoms with van der Waals surface area (Å²) < 4.78 is 11.8. The molecule has 8 nitrogen and oxygen atoms in total. The van der Waals surface area contributed by atoms with Gasteiger partial charge in [-0.1, -0.05) is 34.1 Å². The minimum Gasteiger partial charge on any atom is -0.458 e. The second kappa shape index (κ2) is 11.8. The van der Waals surface area contributed by atoms with Gasteiger partial charge in [-0.05, 0) is 44.3 Å². The summed E-state index contributed by atoms with van der Waals surface area (Å²) >= 11 is 1.47. The topological polar surface area (TPSA) is 135 Å². The van der Waals surface area contributed by atoms with Gasteiger partial charge in [0.25, 0.3) is 0 Å². The lowest BCUT2D eigenvalue weighted by molar-refractivity contribution is -0.154. The summed E-state index contributed by atoms with van der Waals surface area (Å²) in [6.45, 7) is 9.53. The van der Waals surface area contributed by atoms with E-state index >= 15 is 0 Å². The van der Waals surface area contributed by atoms with Gasteiger partial charge in [-0.15, -0.1) is 11.3 Å². The fourth-order valence-electron chi connectivity index (χ4n) is 5.08. The molecule has 3 heterocycles. The number of aromatic nitrogens is 1. The number of epoxide rings is 1. The van der Waals surface area contributed by atoms with E-state index in [-0.39, 0.29) is 29.8 Å². The highest BCUT2D eigenvalue weighted by Gasteiger charge is 2.52. The number of rotatable bonds is 4. The number of nitrogens with two attached hydrogens (primary N) is 1. The number of carbonyl (C=O) groups is 2. The van der Waals surface area contributed by atoms with Crippen LogP contribution in [0.4, 0.5) is 0 Å². The van der Waals surface area contributed by atoms with Crippen LogP contribution in [0.25, 0.3) is 6.08 Å². The molecule has 4 N–H and O–H groups in total. The van der Waals surface area contributed by atoms with E-state index in [1.807, 2.05) is 25.3 Å². The lowest BCUT2D eigenvalue weighted by atomic mass is 9.71. The maximum Gasteiger partial charge on any atom is 0.309 e. The van der Waals surface area contributed by atoms with Crippen molar-refractivity contribution in [1.29, 1.82) is 0 Å². The van der Waals surface area contributed by atoms with E-state index in [1.165, 1.54) is 11.3 Å². The van der Waals surface area contributed by atoms with Crippen molar-refractivity contribution in [3.8, 4) is 0 Å². The van der Waals surface area contributed by atoms with E-state index in [9.17, 15) is 19.8 Å². The Morgan fingerprint density at radius 2 is 2.00 bits per heavy atom. The maximum absolute atomic E-state index is 13.4. The number of nitrogens with zero attached hydrogens (tertiary/aromatic N) is 1. The molecule has 2 saturated heterocycles. The van der Waals surface area contributed by atoms with Crippen LogP contribution in [0.15, 0.2) is 11.5 Å². The number of carbonyl (C=O) groups excluding carboxylic acids is 2. The van der Waals surface area contributed by atoms with Gasteiger partial charge in [-0.25, -0.2) is 4.98 Å². The summed E-state index contributed by atoms with van der Waals surface area (Å²) in [6.07, 6.45) is 4.01. The Labute approximate surface area is 218 Å². The number of thiazole rings is 1. The van der Waals surface area contributed by atoms with Crippen LogP contribution in [0.1, 0.15) is 83.8 Å². The summed E-state index contributed by atoms with van der Waals surface area (Å²) in [6, 6.07) is 0. The maximum atomic E-state index is 13.4. The Kier molecular flexibility index (Phi) is 9.49. The number of aliphatic hydroxyl groups is 2. The molecule has 2 aliphatic heterocycles. The summed E-state index contributed by atoms with van der Waals surface area (Å²) in [4.78, 5) is 30.7. The first-order valence-electron chi connectivity index (χ1n) is 13.0. The average Bonchev–Trinajstić information content (AvgIpc) is 3.23. The zero-order valence-corrected chi connectivity index (χ0v) is 22.9. The molecule has 7 atom stereocenters. The summed E-state index contributed by atoms with van der Waals surface area (Å²) in [5.74, 6) is -1.50. The molecule has 36 heavy (non-hydrogen) atoms.